The maximum absolute atomic E-state index is 6.31. The van der Waals surface area contributed by atoms with Crippen molar-refractivity contribution in [3.63, 3.8) is 0 Å². The van der Waals surface area contributed by atoms with E-state index >= 15 is 0 Å². The highest BCUT2D eigenvalue weighted by Crippen LogP contribution is 2.20. The first-order valence-corrected chi connectivity index (χ1v) is 16.4. The predicted octanol–water partition coefficient (Wildman–Crippen LogP) is 8.09. The number of aromatic nitrogens is 2. The van der Waals surface area contributed by atoms with E-state index < -0.39 is 0 Å². The van der Waals surface area contributed by atoms with Crippen LogP contribution in [0, 0.1) is 0 Å². The number of benzene rings is 2. The normalized spacial score (nSPS) is 17.9. The van der Waals surface area contributed by atoms with Crippen LogP contribution in [-0.4, -0.2) is 12.7 Å². The van der Waals surface area contributed by atoms with Crippen LogP contribution < -0.4 is 19.4 Å². The van der Waals surface area contributed by atoms with E-state index in [9.17, 15) is 0 Å². The summed E-state index contributed by atoms with van der Waals surface area (Å²) in [7, 11) is 0. The van der Waals surface area contributed by atoms with Crippen molar-refractivity contribution in [3.8, 4) is 22.9 Å². The molecule has 6 nitrogen and oxygen atoms in total. The van der Waals surface area contributed by atoms with Crippen LogP contribution in [0.25, 0.3) is 11.4 Å². The summed E-state index contributed by atoms with van der Waals surface area (Å²) in [5.41, 5.74) is 6.30. The van der Waals surface area contributed by atoms with Crippen molar-refractivity contribution in [2.75, 3.05) is 6.61 Å². The molecule has 0 spiro atoms. The number of hydrogen-bond donors (Lipinski definition) is 0. The van der Waals surface area contributed by atoms with E-state index in [2.05, 4.69) is 89.7 Å². The molecule has 44 heavy (non-hydrogen) atoms. The summed E-state index contributed by atoms with van der Waals surface area (Å²) < 4.78 is 24.4. The highest BCUT2D eigenvalue weighted by molar-refractivity contribution is 5.45. The highest BCUT2D eigenvalue weighted by Gasteiger charge is 2.16. The van der Waals surface area contributed by atoms with Crippen LogP contribution in [0.3, 0.4) is 0 Å². The largest absolute Gasteiger partial charge is 0.494 e. The van der Waals surface area contributed by atoms with Crippen LogP contribution >= 0.6 is 0 Å². The Morgan fingerprint density at radius 1 is 0.568 bits per heavy atom. The van der Waals surface area contributed by atoms with E-state index in [1.165, 1.54) is 38.5 Å². The van der Waals surface area contributed by atoms with Crippen LogP contribution in [0.1, 0.15) is 87.2 Å². The summed E-state index contributed by atoms with van der Waals surface area (Å²) in [6, 6.07) is 29.0. The third-order valence-electron chi connectivity index (χ3n) is 8.10. The first kappa shape index (κ1) is 31.7. The van der Waals surface area contributed by atoms with Gasteiger partial charge in [0, 0.05) is 24.3 Å². The van der Waals surface area contributed by atoms with Crippen LogP contribution in [0.15, 0.2) is 84.9 Å². The van der Waals surface area contributed by atoms with Crippen molar-refractivity contribution >= 4 is 0 Å². The lowest BCUT2D eigenvalue weighted by Crippen LogP contribution is -2.22. The number of ether oxygens (including phenoxy) is 4. The zero-order valence-corrected chi connectivity index (χ0v) is 26.2. The summed E-state index contributed by atoms with van der Waals surface area (Å²) >= 11 is 0. The standard InChI is InChI=1S/C38H46N2O4/c1-2-34-14-8-6-4-3-5-7-9-25-43-35-21-17-30(18-22-35)26-41-28-32-12-10-15-37(39-32)38-16-11-13-33(40-38)29-42-27-31-19-23-36(44-34)24-20-31/h10-13,15-24,34H,2-9,14,25-29H2,1H3/p+2. The summed E-state index contributed by atoms with van der Waals surface area (Å²) in [4.78, 5) is 7.02. The minimum absolute atomic E-state index is 0.269. The zero-order chi connectivity index (χ0) is 30.2. The molecule has 0 radical (unpaired) electrons. The third kappa shape index (κ3) is 10.5. The van der Waals surface area contributed by atoms with E-state index in [4.69, 9.17) is 18.9 Å². The third-order valence-corrected chi connectivity index (χ3v) is 8.10. The van der Waals surface area contributed by atoms with Gasteiger partial charge < -0.3 is 18.9 Å². The Labute approximate surface area is 262 Å². The van der Waals surface area contributed by atoms with Crippen molar-refractivity contribution < 1.29 is 28.9 Å². The second kappa shape index (κ2) is 17.5. The Morgan fingerprint density at radius 3 is 1.66 bits per heavy atom. The number of nitrogens with one attached hydrogen (secondary N) is 2. The van der Waals surface area contributed by atoms with Crippen molar-refractivity contribution in [2.24, 2.45) is 0 Å². The maximum atomic E-state index is 6.31. The predicted molar refractivity (Wildman–Crippen MR) is 172 cm³/mol. The molecule has 1 atom stereocenters. The van der Waals surface area contributed by atoms with Crippen LogP contribution in [0.5, 0.6) is 11.5 Å². The molecule has 8 bridgehead atoms. The fourth-order valence-electron chi connectivity index (χ4n) is 5.51. The molecule has 1 unspecified atom stereocenters. The quantitative estimate of drug-likeness (QED) is 0.223. The topological polar surface area (TPSA) is 65.2 Å². The lowest BCUT2D eigenvalue weighted by molar-refractivity contribution is -0.419. The Bertz CT molecular complexity index is 1390. The molecule has 6 heterocycles. The molecule has 0 amide bonds. The molecule has 6 heteroatoms. The SMILES string of the molecule is CCC1CCCCCCCCCOc2ccc(cc2)COCc2cccc([nH+]2)-c2cccc([nH+]2)COCc2ccc(cc2)O1. The maximum Gasteiger partial charge on any atom is 0.275 e. The van der Waals surface area contributed by atoms with Gasteiger partial charge in [-0.15, -0.1) is 0 Å². The molecule has 0 saturated carbocycles. The number of hydrogen-bond acceptors (Lipinski definition) is 4. The minimum Gasteiger partial charge on any atom is -0.494 e. The number of rotatable bonds is 1. The van der Waals surface area contributed by atoms with Gasteiger partial charge in [-0.1, -0.05) is 63.3 Å². The van der Waals surface area contributed by atoms with Gasteiger partial charge >= 0.3 is 0 Å². The van der Waals surface area contributed by atoms with Gasteiger partial charge in [-0.3, -0.25) is 0 Å². The molecule has 4 aliphatic heterocycles. The summed E-state index contributed by atoms with van der Waals surface area (Å²) in [6.45, 7) is 5.07. The monoisotopic (exact) mass is 596 g/mol. The van der Waals surface area contributed by atoms with Crippen LogP contribution in [-0.2, 0) is 35.9 Å². The number of pyridine rings is 2. The van der Waals surface area contributed by atoms with E-state index in [-0.39, 0.29) is 6.10 Å². The molecule has 0 saturated heterocycles. The average Bonchev–Trinajstić information content (AvgIpc) is 3.06. The van der Waals surface area contributed by atoms with Gasteiger partial charge in [-0.25, -0.2) is 9.97 Å². The lowest BCUT2D eigenvalue weighted by Gasteiger charge is -2.18. The summed E-state index contributed by atoms with van der Waals surface area (Å²) in [5.74, 6) is 1.86. The Kier molecular flexibility index (Phi) is 12.6. The van der Waals surface area contributed by atoms with E-state index in [1.807, 2.05) is 12.1 Å². The molecule has 2 aromatic heterocycles. The Balaban J connectivity index is 1.21. The van der Waals surface area contributed by atoms with Gasteiger partial charge in [0.05, 0.1) is 25.9 Å². The fraction of sp³-hybridized carbons (Fsp3) is 0.421. The average molecular weight is 597 g/mol. The second-order valence-corrected chi connectivity index (χ2v) is 11.7. The lowest BCUT2D eigenvalue weighted by atomic mass is 10.0. The molecule has 0 aliphatic carbocycles. The minimum atomic E-state index is 0.269. The molecule has 0 fully saturated rings. The fourth-order valence-corrected chi connectivity index (χ4v) is 5.51. The smallest absolute Gasteiger partial charge is 0.275 e. The molecule has 4 aromatic rings. The van der Waals surface area contributed by atoms with E-state index in [0.29, 0.717) is 26.4 Å². The second-order valence-electron chi connectivity index (χ2n) is 11.7. The van der Waals surface area contributed by atoms with Crippen molar-refractivity contribution in [1.82, 2.24) is 0 Å². The van der Waals surface area contributed by atoms with Crippen molar-refractivity contribution in [2.45, 2.75) is 97.2 Å². The zero-order valence-electron chi connectivity index (χ0n) is 26.2. The van der Waals surface area contributed by atoms with Crippen LogP contribution in [0.2, 0.25) is 0 Å². The molecular formula is C38H48N2O4+2. The van der Waals surface area contributed by atoms with Crippen molar-refractivity contribution in [3.05, 3.63) is 107 Å². The molecule has 8 rings (SSSR count). The van der Waals surface area contributed by atoms with E-state index in [1.54, 1.807) is 0 Å². The molecular weight excluding hydrogens is 548 g/mol. The summed E-state index contributed by atoms with van der Waals surface area (Å²) in [6.07, 6.45) is 11.1. The van der Waals surface area contributed by atoms with Crippen LogP contribution in [0.4, 0.5) is 0 Å². The number of H-pyrrole nitrogens is 2. The highest BCUT2D eigenvalue weighted by atomic mass is 16.5. The molecule has 2 N–H and O–H groups in total. The van der Waals surface area contributed by atoms with Gasteiger partial charge in [0.25, 0.3) is 11.4 Å². The Morgan fingerprint density at radius 2 is 1.09 bits per heavy atom. The first-order valence-electron chi connectivity index (χ1n) is 16.4. The van der Waals surface area contributed by atoms with Gasteiger partial charge in [-0.05, 0) is 73.2 Å². The molecule has 4 aliphatic rings. The van der Waals surface area contributed by atoms with Gasteiger partial charge in [-0.2, -0.15) is 0 Å². The van der Waals surface area contributed by atoms with Gasteiger partial charge in [0.15, 0.2) is 0 Å². The Hall–Kier alpha value is -3.74. The van der Waals surface area contributed by atoms with E-state index in [0.717, 1.165) is 71.3 Å². The van der Waals surface area contributed by atoms with Crippen molar-refractivity contribution in [1.29, 1.82) is 0 Å². The first-order chi connectivity index (χ1) is 21.7. The molecule has 232 valence electrons. The molecule has 2 aromatic carbocycles. The number of aromatic amines is 2. The van der Waals surface area contributed by atoms with Gasteiger partial charge in [0.1, 0.15) is 24.7 Å². The van der Waals surface area contributed by atoms with Gasteiger partial charge in [0.2, 0.25) is 11.4 Å². The summed E-state index contributed by atoms with van der Waals surface area (Å²) in [5, 5.41) is 0.